The molecule has 0 fully saturated rings. The summed E-state index contributed by atoms with van der Waals surface area (Å²) in [5.74, 6) is -0.195. The van der Waals surface area contributed by atoms with Gasteiger partial charge in [-0.25, -0.2) is 9.82 Å². The Labute approximate surface area is 146 Å². The van der Waals surface area contributed by atoms with Crippen LogP contribution in [0.5, 0.6) is 0 Å². The van der Waals surface area contributed by atoms with Crippen LogP contribution in [-0.2, 0) is 0 Å². The number of hydrazone groups is 1. The average Bonchev–Trinajstić information content (AvgIpc) is 3.10. The molecule has 0 unspecified atom stereocenters. The van der Waals surface area contributed by atoms with Gasteiger partial charge in [0.1, 0.15) is 17.3 Å². The molecule has 3 rings (SSSR count). The molecule has 0 saturated carbocycles. The van der Waals surface area contributed by atoms with Crippen molar-refractivity contribution in [1.29, 1.82) is 0 Å². The standard InChI is InChI=1S/C18H12FN3O4/c19-14-3-1-2-13(10-14)18(23)21-20-11-16-8-9-17(26-16)12-4-6-15(7-5-12)22(24)25/h1-11H,(H,21,23)/b20-11+. The molecule has 0 radical (unpaired) electrons. The number of hydrogen-bond acceptors (Lipinski definition) is 5. The zero-order valence-electron chi connectivity index (χ0n) is 13.3. The van der Waals surface area contributed by atoms with E-state index in [-0.39, 0.29) is 11.3 Å². The number of benzene rings is 2. The second kappa shape index (κ2) is 7.39. The van der Waals surface area contributed by atoms with Crippen LogP contribution in [0.1, 0.15) is 16.1 Å². The van der Waals surface area contributed by atoms with Gasteiger partial charge in [0.05, 0.1) is 11.1 Å². The molecule has 2 aromatic carbocycles. The molecule has 7 nitrogen and oxygen atoms in total. The third-order valence-electron chi connectivity index (χ3n) is 3.43. The van der Waals surface area contributed by atoms with Gasteiger partial charge < -0.3 is 4.42 Å². The molecule has 0 aliphatic heterocycles. The van der Waals surface area contributed by atoms with E-state index in [1.807, 2.05) is 0 Å². The van der Waals surface area contributed by atoms with Gasteiger partial charge in [-0.2, -0.15) is 5.10 Å². The van der Waals surface area contributed by atoms with Gasteiger partial charge >= 0.3 is 0 Å². The first-order valence-electron chi connectivity index (χ1n) is 7.46. The highest BCUT2D eigenvalue weighted by molar-refractivity contribution is 5.94. The molecule has 1 aromatic heterocycles. The van der Waals surface area contributed by atoms with Crippen LogP contribution in [-0.4, -0.2) is 17.0 Å². The van der Waals surface area contributed by atoms with E-state index in [2.05, 4.69) is 10.5 Å². The maximum atomic E-state index is 13.1. The smallest absolute Gasteiger partial charge is 0.271 e. The summed E-state index contributed by atoms with van der Waals surface area (Å²) in [6, 6.07) is 14.5. The first kappa shape index (κ1) is 17.0. The number of nitro benzene ring substituents is 1. The highest BCUT2D eigenvalue weighted by Gasteiger charge is 2.08. The van der Waals surface area contributed by atoms with E-state index in [9.17, 15) is 19.3 Å². The minimum atomic E-state index is -0.553. The highest BCUT2D eigenvalue weighted by Crippen LogP contribution is 2.23. The van der Waals surface area contributed by atoms with Gasteiger partial charge in [-0.05, 0) is 42.5 Å². The van der Waals surface area contributed by atoms with Crippen molar-refractivity contribution in [2.24, 2.45) is 5.10 Å². The first-order chi connectivity index (χ1) is 12.5. The van der Waals surface area contributed by atoms with Crippen LogP contribution in [0.4, 0.5) is 10.1 Å². The van der Waals surface area contributed by atoms with Gasteiger partial charge in [0.25, 0.3) is 11.6 Å². The lowest BCUT2D eigenvalue weighted by Crippen LogP contribution is -2.17. The summed E-state index contributed by atoms with van der Waals surface area (Å²) in [5, 5.41) is 14.4. The largest absolute Gasteiger partial charge is 0.455 e. The fraction of sp³-hybridized carbons (Fsp3) is 0. The van der Waals surface area contributed by atoms with Gasteiger partial charge in [-0.1, -0.05) is 6.07 Å². The average molecular weight is 353 g/mol. The minimum Gasteiger partial charge on any atom is -0.455 e. The molecule has 1 N–H and O–H groups in total. The topological polar surface area (TPSA) is 97.7 Å². The molecule has 130 valence electrons. The molecule has 0 spiro atoms. The molecule has 0 atom stereocenters. The molecule has 0 bridgehead atoms. The predicted octanol–water partition coefficient (Wildman–Crippen LogP) is 3.76. The molecule has 1 heterocycles. The van der Waals surface area contributed by atoms with E-state index in [1.165, 1.54) is 36.5 Å². The number of carbonyl (C=O) groups excluding carboxylic acids is 1. The number of hydrogen-bond donors (Lipinski definition) is 1. The summed E-state index contributed by atoms with van der Waals surface area (Å²) >= 11 is 0. The van der Waals surface area contributed by atoms with Crippen molar-refractivity contribution in [2.75, 3.05) is 0 Å². The second-order valence-electron chi connectivity index (χ2n) is 5.22. The van der Waals surface area contributed by atoms with Gasteiger partial charge in [0.2, 0.25) is 0 Å². The number of amides is 1. The maximum absolute atomic E-state index is 13.1. The highest BCUT2D eigenvalue weighted by atomic mass is 19.1. The molecule has 3 aromatic rings. The van der Waals surface area contributed by atoms with Crippen molar-refractivity contribution < 1.29 is 18.5 Å². The fourth-order valence-electron chi connectivity index (χ4n) is 2.17. The molecular weight excluding hydrogens is 341 g/mol. The Kier molecular flexibility index (Phi) is 4.84. The number of carbonyl (C=O) groups is 1. The van der Waals surface area contributed by atoms with E-state index >= 15 is 0 Å². The number of nitro groups is 1. The monoisotopic (exact) mass is 353 g/mol. The van der Waals surface area contributed by atoms with Crippen LogP contribution in [0.25, 0.3) is 11.3 Å². The van der Waals surface area contributed by atoms with Crippen LogP contribution in [0.2, 0.25) is 0 Å². The number of nitrogens with one attached hydrogen (secondary N) is 1. The summed E-state index contributed by atoms with van der Waals surface area (Å²) in [6.45, 7) is 0. The SMILES string of the molecule is O=C(N/N=C/c1ccc(-c2ccc([N+](=O)[O-])cc2)o1)c1cccc(F)c1. The molecule has 0 aliphatic carbocycles. The van der Waals surface area contributed by atoms with E-state index < -0.39 is 16.6 Å². The molecule has 8 heteroatoms. The minimum absolute atomic E-state index is 0.0119. The summed E-state index contributed by atoms with van der Waals surface area (Å²) in [7, 11) is 0. The van der Waals surface area contributed by atoms with Crippen LogP contribution in [0, 0.1) is 15.9 Å². The third kappa shape index (κ3) is 3.99. The van der Waals surface area contributed by atoms with Crippen LogP contribution < -0.4 is 5.43 Å². The molecule has 1 amide bonds. The zero-order chi connectivity index (χ0) is 18.5. The van der Waals surface area contributed by atoms with Crippen molar-refractivity contribution in [3.63, 3.8) is 0 Å². The summed E-state index contributed by atoms with van der Waals surface area (Å²) < 4.78 is 18.6. The Morgan fingerprint density at radius 2 is 1.92 bits per heavy atom. The fourth-order valence-corrected chi connectivity index (χ4v) is 2.17. The van der Waals surface area contributed by atoms with E-state index in [0.717, 1.165) is 6.07 Å². The number of furan rings is 1. The molecule has 0 saturated heterocycles. The summed E-state index contributed by atoms with van der Waals surface area (Å²) in [4.78, 5) is 22.0. The zero-order valence-corrected chi connectivity index (χ0v) is 13.3. The third-order valence-corrected chi connectivity index (χ3v) is 3.43. The van der Waals surface area contributed by atoms with Gasteiger partial charge in [0, 0.05) is 23.3 Å². The Balaban J connectivity index is 1.65. The predicted molar refractivity (Wildman–Crippen MR) is 92.3 cm³/mol. The van der Waals surface area contributed by atoms with Gasteiger partial charge in [-0.3, -0.25) is 14.9 Å². The Morgan fingerprint density at radius 3 is 2.62 bits per heavy atom. The lowest BCUT2D eigenvalue weighted by molar-refractivity contribution is -0.384. The summed E-state index contributed by atoms with van der Waals surface area (Å²) in [6.07, 6.45) is 1.30. The van der Waals surface area contributed by atoms with Crippen molar-refractivity contribution >= 4 is 17.8 Å². The van der Waals surface area contributed by atoms with Crippen molar-refractivity contribution in [1.82, 2.24) is 5.43 Å². The Bertz CT molecular complexity index is 980. The van der Waals surface area contributed by atoms with E-state index in [0.29, 0.717) is 17.1 Å². The van der Waals surface area contributed by atoms with Crippen molar-refractivity contribution in [3.05, 3.63) is 87.9 Å². The number of rotatable bonds is 5. The first-order valence-corrected chi connectivity index (χ1v) is 7.46. The molecule has 0 aliphatic rings. The normalized spacial score (nSPS) is 10.8. The second-order valence-corrected chi connectivity index (χ2v) is 5.22. The van der Waals surface area contributed by atoms with Crippen LogP contribution >= 0.6 is 0 Å². The Morgan fingerprint density at radius 1 is 1.15 bits per heavy atom. The van der Waals surface area contributed by atoms with Crippen molar-refractivity contribution in [2.45, 2.75) is 0 Å². The number of halogens is 1. The maximum Gasteiger partial charge on any atom is 0.271 e. The molecule has 26 heavy (non-hydrogen) atoms. The number of nitrogens with zero attached hydrogens (tertiary/aromatic N) is 2. The lowest BCUT2D eigenvalue weighted by Gasteiger charge is -1.99. The van der Waals surface area contributed by atoms with Gasteiger partial charge in [-0.15, -0.1) is 0 Å². The van der Waals surface area contributed by atoms with Crippen LogP contribution in [0.3, 0.4) is 0 Å². The van der Waals surface area contributed by atoms with Gasteiger partial charge in [0.15, 0.2) is 0 Å². The summed E-state index contributed by atoms with van der Waals surface area (Å²) in [5.41, 5.74) is 3.07. The quantitative estimate of drug-likeness (QED) is 0.429. The molecular formula is C18H12FN3O4. The lowest BCUT2D eigenvalue weighted by atomic mass is 10.1. The van der Waals surface area contributed by atoms with E-state index in [4.69, 9.17) is 4.42 Å². The number of non-ortho nitro benzene ring substituents is 1. The van der Waals surface area contributed by atoms with Crippen molar-refractivity contribution in [3.8, 4) is 11.3 Å². The van der Waals surface area contributed by atoms with Crippen LogP contribution in [0.15, 0.2) is 70.2 Å². The van der Waals surface area contributed by atoms with E-state index in [1.54, 1.807) is 24.3 Å². The Hall–Kier alpha value is -3.81.